The minimum Gasteiger partial charge on any atom is -0.481 e. The van der Waals surface area contributed by atoms with Crippen LogP contribution < -0.4 is 5.32 Å². The zero-order chi connectivity index (χ0) is 19.4. The number of carboxylic acid groups (broad SMARTS) is 1. The van der Waals surface area contributed by atoms with Crippen molar-refractivity contribution in [1.82, 2.24) is 4.90 Å². The number of carbonyl (C=O) groups is 3. The van der Waals surface area contributed by atoms with E-state index in [0.717, 1.165) is 17.7 Å². The van der Waals surface area contributed by atoms with E-state index in [2.05, 4.69) is 10.1 Å². The third kappa shape index (κ3) is 4.21. The number of nitrogens with zero attached hydrogens (tertiary/aromatic N) is 1. The number of hydrogen-bond donors (Lipinski definition) is 2. The normalized spacial score (nSPS) is 23.7. The molecule has 27 heavy (non-hydrogen) atoms. The third-order valence-corrected chi connectivity index (χ3v) is 6.47. The fourth-order valence-electron chi connectivity index (χ4n) is 4.01. The van der Waals surface area contributed by atoms with Gasteiger partial charge in [-0.25, -0.2) is 4.79 Å². The Morgan fingerprint density at radius 1 is 1.41 bits per heavy atom. The van der Waals surface area contributed by atoms with Crippen molar-refractivity contribution in [3.8, 4) is 0 Å². The van der Waals surface area contributed by atoms with E-state index in [0.29, 0.717) is 30.8 Å². The summed E-state index contributed by atoms with van der Waals surface area (Å²) in [6, 6.07) is 7.14. The monoisotopic (exact) mass is 392 g/mol. The number of aliphatic carboxylic acids is 1. The number of ether oxygens (including phenoxy) is 1. The van der Waals surface area contributed by atoms with Crippen molar-refractivity contribution in [3.63, 3.8) is 0 Å². The number of thioether (sulfide) groups is 1. The van der Waals surface area contributed by atoms with E-state index in [9.17, 15) is 19.5 Å². The fraction of sp³-hybridized carbons (Fsp3) is 0.526. The summed E-state index contributed by atoms with van der Waals surface area (Å²) in [6.07, 6.45) is 2.74. The van der Waals surface area contributed by atoms with Gasteiger partial charge in [-0.15, -0.1) is 11.8 Å². The first-order valence-corrected chi connectivity index (χ1v) is 10.0. The second-order valence-electron chi connectivity index (χ2n) is 7.06. The number of benzene rings is 1. The van der Waals surface area contributed by atoms with Crippen LogP contribution in [0.3, 0.4) is 0 Å². The van der Waals surface area contributed by atoms with Crippen molar-refractivity contribution in [3.05, 3.63) is 24.3 Å². The highest BCUT2D eigenvalue weighted by molar-refractivity contribution is 7.99. The summed E-state index contributed by atoms with van der Waals surface area (Å²) in [6.45, 7) is 0.762. The van der Waals surface area contributed by atoms with Crippen LogP contribution in [0.5, 0.6) is 0 Å². The lowest BCUT2D eigenvalue weighted by molar-refractivity contribution is -0.149. The molecular weight excluding hydrogens is 368 g/mol. The van der Waals surface area contributed by atoms with Gasteiger partial charge in [0.25, 0.3) is 0 Å². The van der Waals surface area contributed by atoms with Crippen LogP contribution in [0.2, 0.25) is 0 Å². The summed E-state index contributed by atoms with van der Waals surface area (Å²) in [5.74, 6) is -0.400. The van der Waals surface area contributed by atoms with E-state index in [1.807, 2.05) is 18.2 Å². The van der Waals surface area contributed by atoms with Gasteiger partial charge in [-0.05, 0) is 37.0 Å². The summed E-state index contributed by atoms with van der Waals surface area (Å²) in [5.41, 5.74) is -0.118. The van der Waals surface area contributed by atoms with Crippen molar-refractivity contribution >= 4 is 35.4 Å². The number of carbonyl (C=O) groups excluding carboxylic acids is 2. The molecule has 2 fully saturated rings. The molecule has 0 spiro atoms. The Bertz CT molecular complexity index is 741. The molecule has 1 heterocycles. The second-order valence-corrected chi connectivity index (χ2v) is 8.23. The first-order valence-electron chi connectivity index (χ1n) is 9.03. The highest BCUT2D eigenvalue weighted by Gasteiger charge is 2.55. The van der Waals surface area contributed by atoms with Crippen molar-refractivity contribution in [2.75, 3.05) is 31.3 Å². The van der Waals surface area contributed by atoms with Crippen molar-refractivity contribution in [1.29, 1.82) is 0 Å². The highest BCUT2D eigenvalue weighted by Crippen LogP contribution is 2.48. The smallest absolute Gasteiger partial charge is 0.321 e. The Morgan fingerprint density at radius 3 is 2.93 bits per heavy atom. The molecule has 1 aliphatic carbocycles. The lowest BCUT2D eigenvalue weighted by atomic mass is 9.81. The molecule has 0 unspecified atom stereocenters. The van der Waals surface area contributed by atoms with E-state index in [1.54, 1.807) is 11.0 Å². The quantitative estimate of drug-likeness (QED) is 0.571. The number of amides is 2. The zero-order valence-corrected chi connectivity index (χ0v) is 16.1. The average Bonchev–Trinajstić information content (AvgIpc) is 3.20. The van der Waals surface area contributed by atoms with Crippen LogP contribution in [0.1, 0.15) is 25.7 Å². The van der Waals surface area contributed by atoms with Gasteiger partial charge in [0.2, 0.25) is 0 Å². The first kappa shape index (κ1) is 19.5. The van der Waals surface area contributed by atoms with E-state index < -0.39 is 11.4 Å². The van der Waals surface area contributed by atoms with Crippen molar-refractivity contribution < 1.29 is 24.2 Å². The van der Waals surface area contributed by atoms with Crippen LogP contribution in [0, 0.1) is 11.3 Å². The fourth-order valence-corrected chi connectivity index (χ4v) is 4.90. The standard InChI is InChI=1S/C19H24N2O5S/c1-26-16(22)7-9-27-15-6-2-5-14(10-15)20-18(25)21-11-13-4-3-8-19(13,12-21)17(23)24/h2,5-6,10,13H,3-4,7-9,11-12H2,1H3,(H,20,25)(H,23,24)/t13-,19+/m0/s1. The lowest BCUT2D eigenvalue weighted by Gasteiger charge is -2.23. The maximum absolute atomic E-state index is 12.6. The van der Waals surface area contributed by atoms with E-state index in [1.165, 1.54) is 18.9 Å². The van der Waals surface area contributed by atoms with E-state index >= 15 is 0 Å². The van der Waals surface area contributed by atoms with Gasteiger partial charge in [-0.2, -0.15) is 0 Å². The molecule has 2 atom stereocenters. The number of fused-ring (bicyclic) bond motifs is 1. The molecule has 146 valence electrons. The Hall–Kier alpha value is -2.22. The maximum atomic E-state index is 12.6. The predicted octanol–water partition coefficient (Wildman–Crippen LogP) is 3.06. The molecule has 1 saturated carbocycles. The average molecular weight is 392 g/mol. The van der Waals surface area contributed by atoms with Gasteiger partial charge in [0.1, 0.15) is 0 Å². The second kappa shape index (κ2) is 8.21. The van der Waals surface area contributed by atoms with Crippen molar-refractivity contribution in [2.24, 2.45) is 11.3 Å². The summed E-state index contributed by atoms with van der Waals surface area (Å²) in [7, 11) is 1.37. The van der Waals surface area contributed by atoms with Gasteiger partial charge >= 0.3 is 18.0 Å². The molecule has 1 aromatic carbocycles. The van der Waals surface area contributed by atoms with Crippen LogP contribution in [0.25, 0.3) is 0 Å². The number of esters is 1. The topological polar surface area (TPSA) is 95.9 Å². The van der Waals surface area contributed by atoms with Gasteiger partial charge in [-0.3, -0.25) is 9.59 Å². The molecule has 0 aromatic heterocycles. The third-order valence-electron chi connectivity index (χ3n) is 5.47. The zero-order valence-electron chi connectivity index (χ0n) is 15.3. The summed E-state index contributed by atoms with van der Waals surface area (Å²) in [4.78, 5) is 38.1. The van der Waals surface area contributed by atoms with Gasteiger partial charge in [0, 0.05) is 29.4 Å². The molecule has 0 bridgehead atoms. The molecule has 2 aliphatic rings. The Kier molecular flexibility index (Phi) is 5.94. The molecular formula is C19H24N2O5S. The van der Waals surface area contributed by atoms with Gasteiger partial charge in [-0.1, -0.05) is 12.5 Å². The number of nitrogens with one attached hydrogen (secondary N) is 1. The largest absolute Gasteiger partial charge is 0.481 e. The minimum atomic E-state index is -0.788. The first-order chi connectivity index (χ1) is 12.9. The van der Waals surface area contributed by atoms with Crippen LogP contribution in [-0.4, -0.2) is 53.9 Å². The number of hydrogen-bond acceptors (Lipinski definition) is 5. The SMILES string of the molecule is COC(=O)CCSc1cccc(NC(=O)N2C[C@@H]3CCC[C@@]3(C(=O)O)C2)c1. The molecule has 8 heteroatoms. The number of urea groups is 1. The minimum absolute atomic E-state index is 0.0426. The number of methoxy groups -OCH3 is 1. The molecule has 1 aromatic rings. The maximum Gasteiger partial charge on any atom is 0.321 e. The number of anilines is 1. The molecule has 3 rings (SSSR count). The lowest BCUT2D eigenvalue weighted by Crippen LogP contribution is -2.38. The van der Waals surface area contributed by atoms with Gasteiger partial charge < -0.3 is 20.1 Å². The van der Waals surface area contributed by atoms with Crippen LogP contribution in [0.4, 0.5) is 10.5 Å². The summed E-state index contributed by atoms with van der Waals surface area (Å²) >= 11 is 1.51. The van der Waals surface area contributed by atoms with E-state index in [4.69, 9.17) is 0 Å². The Labute approximate surface area is 162 Å². The summed E-state index contributed by atoms with van der Waals surface area (Å²) in [5, 5.41) is 12.5. The Morgan fingerprint density at radius 2 is 2.22 bits per heavy atom. The van der Waals surface area contributed by atoms with Crippen LogP contribution in [-0.2, 0) is 14.3 Å². The molecule has 1 aliphatic heterocycles. The number of likely N-dealkylation sites (tertiary alicyclic amines) is 1. The highest BCUT2D eigenvalue weighted by atomic mass is 32.2. The number of carboxylic acids is 1. The predicted molar refractivity (Wildman–Crippen MR) is 102 cm³/mol. The summed E-state index contributed by atoms with van der Waals surface area (Å²) < 4.78 is 4.62. The van der Waals surface area contributed by atoms with Gasteiger partial charge in [0.05, 0.1) is 18.9 Å². The number of rotatable bonds is 6. The molecule has 7 nitrogen and oxygen atoms in total. The van der Waals surface area contributed by atoms with Crippen LogP contribution in [0.15, 0.2) is 29.2 Å². The Balaban J connectivity index is 1.58. The van der Waals surface area contributed by atoms with Crippen LogP contribution >= 0.6 is 11.8 Å². The molecule has 2 amide bonds. The molecule has 2 N–H and O–H groups in total. The van der Waals surface area contributed by atoms with E-state index in [-0.39, 0.29) is 24.5 Å². The van der Waals surface area contributed by atoms with Crippen molar-refractivity contribution in [2.45, 2.75) is 30.6 Å². The molecule has 1 saturated heterocycles. The molecule has 0 radical (unpaired) electrons. The van der Waals surface area contributed by atoms with Gasteiger partial charge in [0.15, 0.2) is 0 Å².